The number of amides is 2. The monoisotopic (exact) mass is 313 g/mol. The Bertz CT molecular complexity index is 389. The van der Waals surface area contributed by atoms with E-state index >= 15 is 0 Å². The first kappa shape index (κ1) is 16.6. The highest BCUT2D eigenvalue weighted by Gasteiger charge is 2.36. The number of piperidine rings is 1. The lowest BCUT2D eigenvalue weighted by molar-refractivity contribution is -0.139. The smallest absolute Gasteiger partial charge is 0.243 e. The van der Waals surface area contributed by atoms with Crippen molar-refractivity contribution in [3.8, 4) is 0 Å². The van der Waals surface area contributed by atoms with Crippen molar-refractivity contribution in [3.63, 3.8) is 0 Å². The van der Waals surface area contributed by atoms with Crippen molar-refractivity contribution in [2.45, 2.75) is 52.1 Å². The first-order valence-corrected chi connectivity index (χ1v) is 8.90. The molecule has 2 aliphatic rings. The summed E-state index contributed by atoms with van der Waals surface area (Å²) in [5.74, 6) is 1.45. The van der Waals surface area contributed by atoms with Crippen LogP contribution >= 0.6 is 11.8 Å². The maximum Gasteiger partial charge on any atom is 0.243 e. The fourth-order valence-electron chi connectivity index (χ4n) is 2.73. The van der Waals surface area contributed by atoms with Gasteiger partial charge in [-0.3, -0.25) is 9.59 Å². The number of rotatable bonds is 3. The molecule has 120 valence electrons. The summed E-state index contributed by atoms with van der Waals surface area (Å²) < 4.78 is 0. The molecule has 0 aromatic carbocycles. The van der Waals surface area contributed by atoms with Gasteiger partial charge in [0, 0.05) is 24.8 Å². The zero-order valence-electron chi connectivity index (χ0n) is 13.3. The summed E-state index contributed by atoms with van der Waals surface area (Å²) in [6.45, 7) is 8.02. The molecule has 5 nitrogen and oxygen atoms in total. The van der Waals surface area contributed by atoms with Gasteiger partial charge in [-0.25, -0.2) is 0 Å². The van der Waals surface area contributed by atoms with E-state index in [-0.39, 0.29) is 29.3 Å². The van der Waals surface area contributed by atoms with Crippen molar-refractivity contribution in [1.82, 2.24) is 15.5 Å². The average molecular weight is 313 g/mol. The molecule has 0 radical (unpaired) electrons. The molecule has 2 atom stereocenters. The van der Waals surface area contributed by atoms with Gasteiger partial charge in [0.2, 0.25) is 11.8 Å². The van der Waals surface area contributed by atoms with Gasteiger partial charge >= 0.3 is 0 Å². The SMILES string of the molecule is CC(C)(C)CC(=O)N1CSCC1C(=O)NC1CCCNC1. The van der Waals surface area contributed by atoms with Gasteiger partial charge in [-0.05, 0) is 24.8 Å². The number of thioether (sulfide) groups is 1. The number of hydrogen-bond acceptors (Lipinski definition) is 4. The predicted molar refractivity (Wildman–Crippen MR) is 86.1 cm³/mol. The minimum atomic E-state index is -0.299. The Morgan fingerprint density at radius 1 is 1.38 bits per heavy atom. The normalized spacial score (nSPS) is 26.7. The van der Waals surface area contributed by atoms with Gasteiger partial charge in [-0.15, -0.1) is 11.8 Å². The van der Waals surface area contributed by atoms with Gasteiger partial charge < -0.3 is 15.5 Å². The summed E-state index contributed by atoms with van der Waals surface area (Å²) in [4.78, 5) is 26.6. The predicted octanol–water partition coefficient (Wildman–Crippen LogP) is 1.19. The molecule has 21 heavy (non-hydrogen) atoms. The third-order valence-corrected chi connectivity index (χ3v) is 4.84. The Morgan fingerprint density at radius 2 is 2.14 bits per heavy atom. The molecule has 0 aliphatic carbocycles. The molecule has 0 saturated carbocycles. The van der Waals surface area contributed by atoms with Crippen LogP contribution < -0.4 is 10.6 Å². The third kappa shape index (κ3) is 4.88. The maximum atomic E-state index is 12.4. The summed E-state index contributed by atoms with van der Waals surface area (Å²) in [7, 11) is 0. The Kier molecular flexibility index (Phi) is 5.54. The molecule has 2 amide bonds. The lowest BCUT2D eigenvalue weighted by Crippen LogP contribution is -2.53. The first-order chi connectivity index (χ1) is 9.87. The molecule has 2 heterocycles. The zero-order valence-corrected chi connectivity index (χ0v) is 14.1. The molecule has 2 unspecified atom stereocenters. The van der Waals surface area contributed by atoms with Crippen LogP contribution in [-0.4, -0.2) is 53.5 Å². The van der Waals surface area contributed by atoms with Crippen molar-refractivity contribution < 1.29 is 9.59 Å². The van der Waals surface area contributed by atoms with E-state index in [1.165, 1.54) is 0 Å². The molecule has 0 aromatic rings. The van der Waals surface area contributed by atoms with Crippen molar-refractivity contribution in [2.24, 2.45) is 5.41 Å². The molecular formula is C15H27N3O2S. The van der Waals surface area contributed by atoms with Gasteiger partial charge in [-0.1, -0.05) is 20.8 Å². The van der Waals surface area contributed by atoms with E-state index in [0.717, 1.165) is 25.9 Å². The number of carbonyl (C=O) groups excluding carboxylic acids is 2. The molecule has 0 spiro atoms. The van der Waals surface area contributed by atoms with Crippen LogP contribution in [0.2, 0.25) is 0 Å². The number of nitrogens with one attached hydrogen (secondary N) is 2. The highest BCUT2D eigenvalue weighted by Crippen LogP contribution is 2.26. The largest absolute Gasteiger partial charge is 0.350 e. The average Bonchev–Trinajstić information content (AvgIpc) is 2.87. The van der Waals surface area contributed by atoms with E-state index in [0.29, 0.717) is 18.1 Å². The van der Waals surface area contributed by atoms with Crippen LogP contribution in [0.25, 0.3) is 0 Å². The number of nitrogens with zero attached hydrogens (tertiary/aromatic N) is 1. The molecular weight excluding hydrogens is 286 g/mol. The van der Waals surface area contributed by atoms with Crippen molar-refractivity contribution >= 4 is 23.6 Å². The summed E-state index contributed by atoms with van der Waals surface area (Å²) in [6.07, 6.45) is 2.61. The Balaban J connectivity index is 1.91. The van der Waals surface area contributed by atoms with Crippen molar-refractivity contribution in [1.29, 1.82) is 0 Å². The van der Waals surface area contributed by atoms with Crippen LogP contribution in [0.4, 0.5) is 0 Å². The van der Waals surface area contributed by atoms with E-state index in [2.05, 4.69) is 31.4 Å². The number of hydrogen-bond donors (Lipinski definition) is 2. The Labute approximate surface area is 131 Å². The highest BCUT2D eigenvalue weighted by molar-refractivity contribution is 7.99. The quantitative estimate of drug-likeness (QED) is 0.822. The highest BCUT2D eigenvalue weighted by atomic mass is 32.2. The van der Waals surface area contributed by atoms with Gasteiger partial charge in [-0.2, -0.15) is 0 Å². The van der Waals surface area contributed by atoms with Crippen LogP contribution in [0.1, 0.15) is 40.0 Å². The second-order valence-corrected chi connectivity index (χ2v) is 8.17. The van der Waals surface area contributed by atoms with E-state index in [1.54, 1.807) is 16.7 Å². The van der Waals surface area contributed by atoms with E-state index in [9.17, 15) is 9.59 Å². The molecule has 0 aromatic heterocycles. The van der Waals surface area contributed by atoms with Crippen LogP contribution in [0, 0.1) is 5.41 Å². The lowest BCUT2D eigenvalue weighted by atomic mass is 9.91. The molecule has 6 heteroatoms. The summed E-state index contributed by atoms with van der Waals surface area (Å²) in [5.41, 5.74) is -0.0430. The molecule has 2 rings (SSSR count). The first-order valence-electron chi connectivity index (χ1n) is 7.75. The second kappa shape index (κ2) is 7.01. The Hall–Kier alpha value is -0.750. The second-order valence-electron chi connectivity index (χ2n) is 7.17. The molecule has 2 N–H and O–H groups in total. The summed E-state index contributed by atoms with van der Waals surface area (Å²) in [5, 5.41) is 6.40. The molecule has 2 fully saturated rings. The lowest BCUT2D eigenvalue weighted by Gasteiger charge is -2.29. The van der Waals surface area contributed by atoms with Gasteiger partial charge in [0.15, 0.2) is 0 Å². The number of carbonyl (C=O) groups is 2. The zero-order chi connectivity index (χ0) is 15.5. The minimum absolute atomic E-state index is 0.0101. The summed E-state index contributed by atoms with van der Waals surface area (Å²) in [6, 6.07) is -0.0943. The topological polar surface area (TPSA) is 61.4 Å². The van der Waals surface area contributed by atoms with Crippen molar-refractivity contribution in [2.75, 3.05) is 24.7 Å². The standard InChI is InChI=1S/C15H27N3O2S/c1-15(2,3)7-13(19)18-10-21-9-12(18)14(20)17-11-5-4-6-16-8-11/h11-12,16H,4-10H2,1-3H3,(H,17,20). The van der Waals surface area contributed by atoms with Crippen LogP contribution in [0.3, 0.4) is 0 Å². The van der Waals surface area contributed by atoms with Gasteiger partial charge in [0.1, 0.15) is 6.04 Å². The van der Waals surface area contributed by atoms with Crippen molar-refractivity contribution in [3.05, 3.63) is 0 Å². The van der Waals surface area contributed by atoms with E-state index in [1.807, 2.05) is 0 Å². The molecule has 2 saturated heterocycles. The van der Waals surface area contributed by atoms with Crippen LogP contribution in [-0.2, 0) is 9.59 Å². The van der Waals surface area contributed by atoms with E-state index < -0.39 is 0 Å². The third-order valence-electron chi connectivity index (χ3n) is 3.83. The molecule has 0 bridgehead atoms. The van der Waals surface area contributed by atoms with Crippen LogP contribution in [0.5, 0.6) is 0 Å². The maximum absolute atomic E-state index is 12.4. The minimum Gasteiger partial charge on any atom is -0.350 e. The van der Waals surface area contributed by atoms with Gasteiger partial charge in [0.25, 0.3) is 0 Å². The fraction of sp³-hybridized carbons (Fsp3) is 0.867. The van der Waals surface area contributed by atoms with Crippen LogP contribution in [0.15, 0.2) is 0 Å². The van der Waals surface area contributed by atoms with Gasteiger partial charge in [0.05, 0.1) is 5.88 Å². The Morgan fingerprint density at radius 3 is 2.76 bits per heavy atom. The molecule has 2 aliphatic heterocycles. The fourth-order valence-corrected chi connectivity index (χ4v) is 3.91. The van der Waals surface area contributed by atoms with E-state index in [4.69, 9.17) is 0 Å². The summed E-state index contributed by atoms with van der Waals surface area (Å²) >= 11 is 1.66.